The van der Waals surface area contributed by atoms with Gasteiger partial charge in [0.05, 0.1) is 12.3 Å². The van der Waals surface area contributed by atoms with E-state index in [1.165, 1.54) is 13.1 Å². The Kier molecular flexibility index (Phi) is 3.45. The second-order valence-corrected chi connectivity index (χ2v) is 4.84. The summed E-state index contributed by atoms with van der Waals surface area (Å²) in [7, 11) is 0. The highest BCUT2D eigenvalue weighted by Crippen LogP contribution is 2.32. The molecular weight excluding hydrogens is 285 g/mol. The van der Waals surface area contributed by atoms with Gasteiger partial charge in [-0.1, -0.05) is 0 Å². The van der Waals surface area contributed by atoms with Gasteiger partial charge in [0, 0.05) is 12.5 Å². The Bertz CT molecular complexity index is 662. The van der Waals surface area contributed by atoms with Crippen molar-refractivity contribution in [2.75, 3.05) is 5.32 Å². The van der Waals surface area contributed by atoms with Gasteiger partial charge >= 0.3 is 11.8 Å². The number of pyridine rings is 1. The summed E-state index contributed by atoms with van der Waals surface area (Å²) >= 11 is 0. The molecule has 0 aliphatic carbocycles. The number of anilines is 1. The van der Waals surface area contributed by atoms with E-state index >= 15 is 0 Å². The van der Waals surface area contributed by atoms with Crippen molar-refractivity contribution in [3.05, 3.63) is 23.9 Å². The fourth-order valence-electron chi connectivity index (χ4n) is 2.22. The first kappa shape index (κ1) is 15.0. The summed E-state index contributed by atoms with van der Waals surface area (Å²) in [5, 5.41) is 11.1. The van der Waals surface area contributed by atoms with E-state index in [-0.39, 0.29) is 11.5 Å². The highest BCUT2D eigenvalue weighted by atomic mass is 19.4. The molecule has 2 heterocycles. The Morgan fingerprint density at radius 2 is 2.10 bits per heavy atom. The molecule has 2 rings (SSSR count). The van der Waals surface area contributed by atoms with E-state index in [2.05, 4.69) is 15.3 Å². The largest absolute Gasteiger partial charge is 0.508 e. The zero-order valence-electron chi connectivity index (χ0n) is 11.3. The van der Waals surface area contributed by atoms with Gasteiger partial charge in [-0.25, -0.2) is 4.98 Å². The maximum absolute atomic E-state index is 13.5. The van der Waals surface area contributed by atoms with Crippen LogP contribution in [0.2, 0.25) is 0 Å². The Balaban J connectivity index is 2.55. The van der Waals surface area contributed by atoms with Gasteiger partial charge in [-0.2, -0.15) is 28.7 Å². The molecule has 2 atom stereocenters. The van der Waals surface area contributed by atoms with Gasteiger partial charge < -0.3 is 0 Å². The van der Waals surface area contributed by atoms with Gasteiger partial charge in [0.2, 0.25) is 0 Å². The number of hydrogen-bond donors (Lipinski definition) is 2. The van der Waals surface area contributed by atoms with E-state index in [0.717, 1.165) is 0 Å². The monoisotopic (exact) mass is 298 g/mol. The van der Waals surface area contributed by atoms with Crippen LogP contribution >= 0.6 is 0 Å². The number of nitrogens with one attached hydrogen (secondary N) is 3. The average Bonchev–Trinajstić information content (AvgIpc) is 2.64. The topological polar surface area (TPSA) is 81.0 Å². The van der Waals surface area contributed by atoms with Crippen LogP contribution in [0.5, 0.6) is 0 Å². The van der Waals surface area contributed by atoms with Crippen LogP contribution in [0, 0.1) is 24.2 Å². The number of ketones is 1. The molecule has 1 aromatic heterocycles. The smallest absolute Gasteiger partial charge is 0.284 e. The van der Waals surface area contributed by atoms with E-state index in [0.29, 0.717) is 5.56 Å². The molecule has 8 heteroatoms. The zero-order valence-corrected chi connectivity index (χ0v) is 11.3. The molecule has 1 aliphatic heterocycles. The van der Waals surface area contributed by atoms with Crippen molar-refractivity contribution in [2.24, 2.45) is 5.92 Å². The van der Waals surface area contributed by atoms with E-state index in [9.17, 15) is 18.0 Å². The van der Waals surface area contributed by atoms with Gasteiger partial charge in [-0.3, -0.25) is 4.79 Å². The molecule has 0 unspecified atom stereocenters. The Morgan fingerprint density at radius 3 is 2.57 bits per heavy atom. The number of aromatic amines is 1. The number of Topliss-reactive ketones (excluding diaryl/α,β-unsaturated/α-hetero) is 1. The van der Waals surface area contributed by atoms with Gasteiger partial charge in [-0.05, 0) is 19.1 Å². The van der Waals surface area contributed by atoms with Gasteiger partial charge in [0.1, 0.15) is 0 Å². The molecule has 110 valence electrons. The molecule has 0 aromatic carbocycles. The van der Waals surface area contributed by atoms with Crippen molar-refractivity contribution in [3.8, 4) is 6.07 Å². The number of carbonyl (C=O) groups is 1. The molecule has 0 saturated heterocycles. The van der Waals surface area contributed by atoms with Crippen molar-refractivity contribution < 1.29 is 27.9 Å². The van der Waals surface area contributed by atoms with Crippen LogP contribution in [0.15, 0.2) is 18.3 Å². The summed E-state index contributed by atoms with van der Waals surface area (Å²) in [6, 6.07) is 4.81. The first-order chi connectivity index (χ1) is 9.73. The van der Waals surface area contributed by atoms with Crippen LogP contribution in [0.3, 0.4) is 0 Å². The normalized spacial score (nSPS) is 25.4. The standard InChI is InChI=1S/C13H11F3N4O/c1-7-4-3-5-18-11(7)20-12(13(14,15)16)10(21)9(6-17)8(2)19-12/h3-5,9H,1-2H3,(H,18,20)/p+2/t9-,12-/m0/s1. The van der Waals surface area contributed by atoms with Crippen LogP contribution in [-0.2, 0) is 4.79 Å². The first-order valence-corrected chi connectivity index (χ1v) is 6.10. The number of halogens is 3. The van der Waals surface area contributed by atoms with E-state index in [4.69, 9.17) is 5.26 Å². The Hall–Kier alpha value is -2.43. The van der Waals surface area contributed by atoms with Crippen molar-refractivity contribution in [1.82, 2.24) is 0 Å². The maximum atomic E-state index is 13.5. The second-order valence-electron chi connectivity index (χ2n) is 4.84. The van der Waals surface area contributed by atoms with E-state index < -0.39 is 23.5 Å². The molecular formula is C13H13F3N4O+2. The zero-order chi connectivity index (χ0) is 15.8. The van der Waals surface area contributed by atoms with Gasteiger partial charge in [0.15, 0.2) is 11.6 Å². The summed E-state index contributed by atoms with van der Waals surface area (Å²) in [6.45, 7) is 2.89. The summed E-state index contributed by atoms with van der Waals surface area (Å²) in [4.78, 5) is 16.9. The SMILES string of the molecule is CC1=[NH+][C@@](Nc2[nH+]cccc2C)(C(F)(F)F)C(=O)[C@H]1C#N. The Morgan fingerprint density at radius 1 is 1.43 bits per heavy atom. The minimum atomic E-state index is -4.91. The summed E-state index contributed by atoms with van der Waals surface area (Å²) in [5.41, 5.74) is -2.52. The molecule has 3 N–H and O–H groups in total. The molecule has 5 nitrogen and oxygen atoms in total. The fourth-order valence-corrected chi connectivity index (χ4v) is 2.22. The van der Waals surface area contributed by atoms with Gasteiger partial charge in [0.25, 0.3) is 11.6 Å². The third-order valence-electron chi connectivity index (χ3n) is 3.38. The lowest BCUT2D eigenvalue weighted by molar-refractivity contribution is -0.568. The molecule has 1 aromatic rings. The molecule has 0 saturated carbocycles. The lowest BCUT2D eigenvalue weighted by Gasteiger charge is -2.19. The molecule has 0 radical (unpaired) electrons. The Labute approximate surface area is 118 Å². The number of hydrogen-bond acceptors (Lipinski definition) is 3. The quantitative estimate of drug-likeness (QED) is 0.789. The number of rotatable bonds is 2. The van der Waals surface area contributed by atoms with Crippen molar-refractivity contribution in [2.45, 2.75) is 25.7 Å². The lowest BCUT2D eigenvalue weighted by atomic mass is 9.95. The maximum Gasteiger partial charge on any atom is 0.508 e. The fraction of sp³-hybridized carbons (Fsp3) is 0.385. The average molecular weight is 298 g/mol. The van der Waals surface area contributed by atoms with Crippen LogP contribution in [0.25, 0.3) is 0 Å². The summed E-state index contributed by atoms with van der Waals surface area (Å²) in [5.74, 6) is -2.64. The predicted molar refractivity (Wildman–Crippen MR) is 65.9 cm³/mol. The number of carbonyl (C=O) groups excluding carboxylic acids is 1. The number of H-pyrrole nitrogens is 1. The van der Waals surface area contributed by atoms with Crippen LogP contribution < -0.4 is 15.3 Å². The summed E-state index contributed by atoms with van der Waals surface area (Å²) in [6.07, 6.45) is -3.47. The van der Waals surface area contributed by atoms with Crippen molar-refractivity contribution >= 4 is 17.3 Å². The lowest BCUT2D eigenvalue weighted by Crippen LogP contribution is -2.94. The molecule has 0 spiro atoms. The first-order valence-electron chi connectivity index (χ1n) is 6.10. The van der Waals surface area contributed by atoms with E-state index in [1.807, 2.05) is 0 Å². The van der Waals surface area contributed by atoms with Crippen molar-refractivity contribution in [3.63, 3.8) is 0 Å². The highest BCUT2D eigenvalue weighted by molar-refractivity contribution is 6.11. The number of aromatic nitrogens is 1. The van der Waals surface area contributed by atoms with E-state index in [1.54, 1.807) is 25.1 Å². The third kappa shape index (κ3) is 2.24. The number of alkyl halides is 3. The van der Waals surface area contributed by atoms with Crippen molar-refractivity contribution in [1.29, 1.82) is 5.26 Å². The molecule has 0 bridgehead atoms. The number of nitriles is 1. The molecule has 0 amide bonds. The predicted octanol–water partition coefficient (Wildman–Crippen LogP) is -0.256. The number of aryl methyl sites for hydroxylation is 1. The minimum Gasteiger partial charge on any atom is -0.284 e. The second kappa shape index (κ2) is 4.84. The summed E-state index contributed by atoms with van der Waals surface area (Å²) < 4.78 is 40.5. The van der Waals surface area contributed by atoms with Crippen LogP contribution in [0.4, 0.5) is 19.0 Å². The number of nitrogens with zero attached hydrogens (tertiary/aromatic N) is 1. The van der Waals surface area contributed by atoms with Gasteiger partial charge in [-0.15, -0.1) is 0 Å². The molecule has 1 aliphatic rings. The highest BCUT2D eigenvalue weighted by Gasteiger charge is 2.76. The minimum absolute atomic E-state index is 0.0269. The molecule has 21 heavy (non-hydrogen) atoms. The molecule has 0 fully saturated rings. The van der Waals surface area contributed by atoms with Crippen LogP contribution in [-0.4, -0.2) is 23.3 Å². The van der Waals surface area contributed by atoms with Crippen LogP contribution in [0.1, 0.15) is 12.5 Å². The third-order valence-corrected chi connectivity index (χ3v) is 3.38.